The van der Waals surface area contributed by atoms with Gasteiger partial charge in [0.05, 0.1) is 33.5 Å². The van der Waals surface area contributed by atoms with Crippen LogP contribution in [0.15, 0.2) is 11.6 Å². The molecule has 0 bridgehead atoms. The van der Waals surface area contributed by atoms with Crippen LogP contribution in [0.3, 0.4) is 0 Å². The summed E-state index contributed by atoms with van der Waals surface area (Å²) in [5.74, 6) is -2.45. The van der Waals surface area contributed by atoms with Gasteiger partial charge in [-0.05, 0) is 18.4 Å². The molecule has 0 amide bonds. The normalized spacial score (nSPS) is 21.7. The van der Waals surface area contributed by atoms with Gasteiger partial charge < -0.3 is 18.9 Å². The third-order valence-electron chi connectivity index (χ3n) is 3.55. The predicted molar refractivity (Wildman–Crippen MR) is 75.8 cm³/mol. The molecule has 0 aromatic carbocycles. The lowest BCUT2D eigenvalue weighted by molar-refractivity contribution is -0.172. The minimum absolute atomic E-state index is 0.0497. The second kappa shape index (κ2) is 7.40. The quantitative estimate of drug-likeness (QED) is 0.322. The summed E-state index contributed by atoms with van der Waals surface area (Å²) < 4.78 is 20.0. The van der Waals surface area contributed by atoms with E-state index in [1.165, 1.54) is 14.2 Å². The molecule has 0 radical (unpaired) electrons. The first-order valence-corrected chi connectivity index (χ1v) is 7.02. The average molecular weight is 314 g/mol. The maximum atomic E-state index is 12.4. The number of hydrogen-bond donors (Lipinski definition) is 0. The molecule has 1 atom stereocenters. The Bertz CT molecular complexity index is 462. The fourth-order valence-corrected chi connectivity index (χ4v) is 2.68. The molecular weight excluding hydrogens is 292 g/mol. The number of methoxy groups -OCH3 is 2. The van der Waals surface area contributed by atoms with Gasteiger partial charge >= 0.3 is 17.9 Å². The van der Waals surface area contributed by atoms with Crippen LogP contribution in [0, 0.1) is 11.3 Å². The van der Waals surface area contributed by atoms with Crippen molar-refractivity contribution in [2.75, 3.05) is 27.4 Å². The van der Waals surface area contributed by atoms with Gasteiger partial charge in [-0.1, -0.05) is 13.8 Å². The van der Waals surface area contributed by atoms with Crippen molar-refractivity contribution in [3.63, 3.8) is 0 Å². The molecule has 0 spiro atoms. The Kier molecular flexibility index (Phi) is 6.11. The van der Waals surface area contributed by atoms with Crippen LogP contribution in [0.1, 0.15) is 20.8 Å². The average Bonchev–Trinajstić information content (AvgIpc) is 2.85. The molecule has 0 aromatic heterocycles. The smallest absolute Gasteiger partial charge is 0.330 e. The zero-order valence-electron chi connectivity index (χ0n) is 13.5. The van der Waals surface area contributed by atoms with Gasteiger partial charge in [0.2, 0.25) is 5.41 Å². The second-order valence-corrected chi connectivity index (χ2v) is 5.19. The van der Waals surface area contributed by atoms with E-state index in [1.54, 1.807) is 20.8 Å². The third kappa shape index (κ3) is 2.99. The Morgan fingerprint density at radius 1 is 1.27 bits per heavy atom. The summed E-state index contributed by atoms with van der Waals surface area (Å²) in [6.45, 7) is 5.40. The minimum atomic E-state index is -1.79. The Hall–Kier alpha value is -1.89. The van der Waals surface area contributed by atoms with E-state index < -0.39 is 29.4 Å². The zero-order chi connectivity index (χ0) is 16.9. The predicted octanol–water partition coefficient (Wildman–Crippen LogP) is 0.863. The molecule has 1 saturated heterocycles. The topological polar surface area (TPSA) is 88.1 Å². The van der Waals surface area contributed by atoms with E-state index in [0.29, 0.717) is 0 Å². The third-order valence-corrected chi connectivity index (χ3v) is 3.55. The molecule has 0 N–H and O–H groups in total. The van der Waals surface area contributed by atoms with Crippen LogP contribution in [0.5, 0.6) is 0 Å². The fraction of sp³-hybridized carbons (Fsp3) is 0.667. The van der Waals surface area contributed by atoms with E-state index in [9.17, 15) is 14.4 Å². The monoisotopic (exact) mass is 314 g/mol. The van der Waals surface area contributed by atoms with Crippen molar-refractivity contribution in [2.24, 2.45) is 11.3 Å². The first-order chi connectivity index (χ1) is 10.4. The van der Waals surface area contributed by atoms with Gasteiger partial charge in [0, 0.05) is 6.08 Å². The van der Waals surface area contributed by atoms with Crippen LogP contribution < -0.4 is 0 Å². The fourth-order valence-electron chi connectivity index (χ4n) is 2.68. The highest BCUT2D eigenvalue weighted by Gasteiger charge is 2.62. The maximum Gasteiger partial charge on any atom is 0.330 e. The highest BCUT2D eigenvalue weighted by atomic mass is 16.6. The largest absolute Gasteiger partial charge is 0.468 e. The van der Waals surface area contributed by atoms with E-state index >= 15 is 0 Å². The molecule has 0 saturated carbocycles. The molecular formula is C15H22O7. The van der Waals surface area contributed by atoms with Crippen molar-refractivity contribution in [2.45, 2.75) is 26.9 Å². The van der Waals surface area contributed by atoms with E-state index in [0.717, 1.165) is 6.08 Å². The van der Waals surface area contributed by atoms with Crippen molar-refractivity contribution < 1.29 is 33.3 Å². The number of carbonyl (C=O) groups excluding carboxylic acids is 3. The maximum absolute atomic E-state index is 12.4. The van der Waals surface area contributed by atoms with Gasteiger partial charge in [-0.25, -0.2) is 4.79 Å². The summed E-state index contributed by atoms with van der Waals surface area (Å²) in [4.78, 5) is 36.5. The molecule has 1 fully saturated rings. The van der Waals surface area contributed by atoms with E-state index in [-0.39, 0.29) is 24.7 Å². The number of carbonyl (C=O) groups is 3. The van der Waals surface area contributed by atoms with Gasteiger partial charge in [0.1, 0.15) is 0 Å². The lowest BCUT2D eigenvalue weighted by Crippen LogP contribution is -2.50. The van der Waals surface area contributed by atoms with Crippen molar-refractivity contribution in [1.29, 1.82) is 0 Å². The summed E-state index contributed by atoms with van der Waals surface area (Å²) in [7, 11) is 2.34. The van der Waals surface area contributed by atoms with Gasteiger partial charge in [0.25, 0.3) is 0 Å². The molecule has 0 unspecified atom stereocenters. The summed E-state index contributed by atoms with van der Waals surface area (Å²) >= 11 is 0. The molecule has 0 aliphatic carbocycles. The lowest BCUT2D eigenvalue weighted by Gasteiger charge is -2.31. The molecule has 7 nitrogen and oxygen atoms in total. The summed E-state index contributed by atoms with van der Waals surface area (Å²) in [6, 6.07) is 0. The Balaban J connectivity index is 3.45. The molecule has 1 aliphatic rings. The second-order valence-electron chi connectivity index (χ2n) is 5.19. The highest BCUT2D eigenvalue weighted by molar-refractivity contribution is 6.06. The molecule has 124 valence electrons. The Morgan fingerprint density at radius 3 is 2.23 bits per heavy atom. The van der Waals surface area contributed by atoms with Crippen LogP contribution in [-0.2, 0) is 33.3 Å². The first kappa shape index (κ1) is 18.2. The van der Waals surface area contributed by atoms with Gasteiger partial charge in [-0.15, -0.1) is 0 Å². The number of ether oxygens (including phenoxy) is 4. The van der Waals surface area contributed by atoms with Crippen molar-refractivity contribution in [3.8, 4) is 0 Å². The number of esters is 3. The first-order valence-electron chi connectivity index (χ1n) is 7.02. The van der Waals surface area contributed by atoms with Crippen LogP contribution in [-0.4, -0.2) is 51.4 Å². The van der Waals surface area contributed by atoms with Gasteiger partial charge in [-0.2, -0.15) is 0 Å². The highest BCUT2D eigenvalue weighted by Crippen LogP contribution is 2.45. The molecule has 1 heterocycles. The zero-order valence-corrected chi connectivity index (χ0v) is 13.5. The van der Waals surface area contributed by atoms with Crippen molar-refractivity contribution >= 4 is 17.9 Å². The summed E-state index contributed by atoms with van der Waals surface area (Å²) in [6.07, 6.45) is 0.327. The van der Waals surface area contributed by atoms with E-state index in [2.05, 4.69) is 0 Å². The lowest BCUT2D eigenvalue weighted by atomic mass is 9.73. The van der Waals surface area contributed by atoms with Crippen LogP contribution in [0.4, 0.5) is 0 Å². The van der Waals surface area contributed by atoms with Gasteiger partial charge in [0.15, 0.2) is 0 Å². The number of rotatable bonds is 5. The Labute approximate surface area is 129 Å². The minimum Gasteiger partial charge on any atom is -0.468 e. The van der Waals surface area contributed by atoms with Crippen LogP contribution in [0.25, 0.3) is 0 Å². The molecule has 0 aromatic rings. The summed E-state index contributed by atoms with van der Waals surface area (Å²) in [5.41, 5.74) is -1.60. The van der Waals surface area contributed by atoms with Crippen molar-refractivity contribution in [3.05, 3.63) is 11.6 Å². The molecule has 22 heavy (non-hydrogen) atoms. The standard InChI is InChI=1S/C15H22O7/c1-6-21-11(16)7-10-8-22-12(9(2)3)15(10,13(17)19-4)14(18)20-5/h7,9,12H,6,8H2,1-5H3/b10-7+/t12-/m0/s1. The summed E-state index contributed by atoms with van der Waals surface area (Å²) in [5, 5.41) is 0. The molecule has 1 aliphatic heterocycles. The van der Waals surface area contributed by atoms with Crippen LogP contribution >= 0.6 is 0 Å². The molecule has 1 rings (SSSR count). The molecule has 7 heteroatoms. The van der Waals surface area contributed by atoms with Gasteiger partial charge in [-0.3, -0.25) is 9.59 Å². The van der Waals surface area contributed by atoms with Crippen molar-refractivity contribution in [1.82, 2.24) is 0 Å². The number of hydrogen-bond acceptors (Lipinski definition) is 7. The SMILES string of the molecule is CCOC(=O)/C=C1\CO[C@@H](C(C)C)C1(C(=O)OC)C(=O)OC. The Morgan fingerprint density at radius 2 is 1.82 bits per heavy atom. The van der Waals surface area contributed by atoms with E-state index in [1.807, 2.05) is 0 Å². The van der Waals surface area contributed by atoms with Crippen LogP contribution in [0.2, 0.25) is 0 Å². The van der Waals surface area contributed by atoms with E-state index in [4.69, 9.17) is 18.9 Å².